The second-order valence-electron chi connectivity index (χ2n) is 4.88. The lowest BCUT2D eigenvalue weighted by Crippen LogP contribution is -2.15. The molecule has 6 nitrogen and oxygen atoms in total. The van der Waals surface area contributed by atoms with Gasteiger partial charge >= 0.3 is 5.97 Å². The lowest BCUT2D eigenvalue weighted by molar-refractivity contribution is -0.115. The van der Waals surface area contributed by atoms with Crippen molar-refractivity contribution in [2.45, 2.75) is 6.42 Å². The van der Waals surface area contributed by atoms with Crippen molar-refractivity contribution >= 4 is 40.1 Å². The smallest absolute Gasteiger partial charge is 0.335 e. The van der Waals surface area contributed by atoms with Crippen molar-refractivity contribution in [3.63, 3.8) is 0 Å². The van der Waals surface area contributed by atoms with Crippen molar-refractivity contribution in [3.05, 3.63) is 58.7 Å². The molecule has 0 fully saturated rings. The number of hydrogen-bond acceptors (Lipinski definition) is 4. The number of nitrogens with zero attached hydrogens (tertiary/aromatic N) is 1. The number of amides is 1. The van der Waals surface area contributed by atoms with Crippen LogP contribution in [0.15, 0.2) is 47.0 Å². The fourth-order valence-corrected chi connectivity index (χ4v) is 2.44. The standard InChI is InChI=1S/C16H11ClN2O4/c17-10-5-9(16(21)22)6-11(7-10)18-15(20)8-13-12-3-1-2-4-14(12)23-19-13/h1-7H,8H2,(H,18,20)(H,21,22). The van der Waals surface area contributed by atoms with E-state index in [4.69, 9.17) is 21.2 Å². The lowest BCUT2D eigenvalue weighted by Gasteiger charge is -2.06. The number of carbonyl (C=O) groups excluding carboxylic acids is 1. The number of carboxylic acid groups (broad SMARTS) is 1. The predicted molar refractivity (Wildman–Crippen MR) is 84.8 cm³/mol. The molecule has 0 aliphatic rings. The topological polar surface area (TPSA) is 92.4 Å². The molecule has 1 amide bonds. The van der Waals surface area contributed by atoms with Gasteiger partial charge < -0.3 is 14.9 Å². The third kappa shape index (κ3) is 3.32. The summed E-state index contributed by atoms with van der Waals surface area (Å²) in [5, 5.41) is 16.5. The number of fused-ring (bicyclic) bond motifs is 1. The highest BCUT2D eigenvalue weighted by atomic mass is 35.5. The van der Waals surface area contributed by atoms with E-state index in [1.54, 1.807) is 6.07 Å². The summed E-state index contributed by atoms with van der Waals surface area (Å²) in [7, 11) is 0. The van der Waals surface area contributed by atoms with Gasteiger partial charge in [0.05, 0.1) is 12.0 Å². The first-order chi connectivity index (χ1) is 11.0. The maximum absolute atomic E-state index is 12.1. The summed E-state index contributed by atoms with van der Waals surface area (Å²) in [6.07, 6.45) is 0.00588. The van der Waals surface area contributed by atoms with Gasteiger partial charge in [-0.3, -0.25) is 4.79 Å². The molecule has 2 aromatic carbocycles. The molecule has 3 rings (SSSR count). The molecule has 0 aliphatic carbocycles. The van der Waals surface area contributed by atoms with E-state index in [-0.39, 0.29) is 22.9 Å². The lowest BCUT2D eigenvalue weighted by atomic mass is 10.1. The zero-order chi connectivity index (χ0) is 16.4. The number of benzene rings is 2. The summed E-state index contributed by atoms with van der Waals surface area (Å²) in [5.41, 5.74) is 1.43. The van der Waals surface area contributed by atoms with Crippen molar-refractivity contribution in [2.24, 2.45) is 0 Å². The Morgan fingerprint density at radius 1 is 1.22 bits per heavy atom. The highest BCUT2D eigenvalue weighted by molar-refractivity contribution is 6.31. The van der Waals surface area contributed by atoms with E-state index in [0.29, 0.717) is 17.0 Å². The van der Waals surface area contributed by atoms with Gasteiger partial charge in [-0.2, -0.15) is 0 Å². The maximum atomic E-state index is 12.1. The number of aromatic nitrogens is 1. The van der Waals surface area contributed by atoms with Crippen LogP contribution in [-0.2, 0) is 11.2 Å². The van der Waals surface area contributed by atoms with Crippen molar-refractivity contribution in [3.8, 4) is 0 Å². The molecular weight excluding hydrogens is 320 g/mol. The molecule has 0 unspecified atom stereocenters. The average molecular weight is 331 g/mol. The van der Waals surface area contributed by atoms with Gasteiger partial charge in [0.15, 0.2) is 5.58 Å². The van der Waals surface area contributed by atoms with Crippen molar-refractivity contribution in [1.29, 1.82) is 0 Å². The third-order valence-corrected chi connectivity index (χ3v) is 3.43. The zero-order valence-corrected chi connectivity index (χ0v) is 12.5. The monoisotopic (exact) mass is 330 g/mol. The van der Waals surface area contributed by atoms with Gasteiger partial charge in [0.2, 0.25) is 5.91 Å². The molecule has 1 heterocycles. The van der Waals surface area contributed by atoms with Crippen LogP contribution < -0.4 is 5.32 Å². The summed E-state index contributed by atoms with van der Waals surface area (Å²) in [6.45, 7) is 0. The van der Waals surface area contributed by atoms with Crippen LogP contribution in [0, 0.1) is 0 Å². The summed E-state index contributed by atoms with van der Waals surface area (Å²) < 4.78 is 5.14. The Labute approximate surface area is 135 Å². The molecule has 7 heteroatoms. The molecule has 3 aromatic rings. The van der Waals surface area contributed by atoms with E-state index in [9.17, 15) is 9.59 Å². The second kappa shape index (κ2) is 6.10. The summed E-state index contributed by atoms with van der Waals surface area (Å²) >= 11 is 5.86. The fraction of sp³-hybridized carbons (Fsp3) is 0.0625. The van der Waals surface area contributed by atoms with Crippen LogP contribution in [0.5, 0.6) is 0 Å². The van der Waals surface area contributed by atoms with Crippen LogP contribution in [0.25, 0.3) is 11.0 Å². The Balaban J connectivity index is 1.78. The van der Waals surface area contributed by atoms with E-state index < -0.39 is 5.97 Å². The first-order valence-corrected chi connectivity index (χ1v) is 7.08. The number of halogens is 1. The minimum atomic E-state index is -1.12. The molecule has 23 heavy (non-hydrogen) atoms. The second-order valence-corrected chi connectivity index (χ2v) is 5.32. The molecule has 1 aromatic heterocycles. The van der Waals surface area contributed by atoms with Crippen molar-refractivity contribution in [1.82, 2.24) is 5.16 Å². The van der Waals surface area contributed by atoms with E-state index in [1.807, 2.05) is 18.2 Å². The van der Waals surface area contributed by atoms with Crippen LogP contribution in [0.4, 0.5) is 5.69 Å². The van der Waals surface area contributed by atoms with Crippen LogP contribution in [0.3, 0.4) is 0 Å². The Kier molecular flexibility index (Phi) is 3.99. The van der Waals surface area contributed by atoms with Gasteiger partial charge in [-0.25, -0.2) is 4.79 Å². The molecule has 0 radical (unpaired) electrons. The minimum absolute atomic E-state index is 0.000291. The van der Waals surface area contributed by atoms with Gasteiger partial charge in [-0.05, 0) is 30.3 Å². The summed E-state index contributed by atoms with van der Waals surface area (Å²) in [6, 6.07) is 11.4. The molecule has 2 N–H and O–H groups in total. The normalized spacial score (nSPS) is 10.7. The number of anilines is 1. The van der Waals surface area contributed by atoms with Crippen LogP contribution in [-0.4, -0.2) is 22.1 Å². The average Bonchev–Trinajstić information content (AvgIpc) is 2.90. The number of hydrogen-bond donors (Lipinski definition) is 2. The van der Waals surface area contributed by atoms with Crippen LogP contribution in [0.2, 0.25) is 5.02 Å². The molecule has 0 aliphatic heterocycles. The Morgan fingerprint density at radius 3 is 2.78 bits per heavy atom. The van der Waals surface area contributed by atoms with Gasteiger partial charge in [-0.1, -0.05) is 28.9 Å². The van der Waals surface area contributed by atoms with Crippen LogP contribution in [0.1, 0.15) is 16.1 Å². The van der Waals surface area contributed by atoms with Gasteiger partial charge in [-0.15, -0.1) is 0 Å². The number of para-hydroxylation sites is 1. The highest BCUT2D eigenvalue weighted by Gasteiger charge is 2.13. The number of aromatic carboxylic acids is 1. The Hall–Kier alpha value is -2.86. The van der Waals surface area contributed by atoms with Gasteiger partial charge in [0, 0.05) is 16.1 Å². The Morgan fingerprint density at radius 2 is 2.00 bits per heavy atom. The maximum Gasteiger partial charge on any atom is 0.335 e. The van der Waals surface area contributed by atoms with E-state index in [1.165, 1.54) is 18.2 Å². The summed E-state index contributed by atoms with van der Waals surface area (Å²) in [5.74, 6) is -1.46. The zero-order valence-electron chi connectivity index (χ0n) is 11.7. The van der Waals surface area contributed by atoms with E-state index in [0.717, 1.165) is 5.39 Å². The SMILES string of the molecule is O=C(Cc1noc2ccccc12)Nc1cc(Cl)cc(C(=O)O)c1. The molecule has 0 spiro atoms. The van der Waals surface area contributed by atoms with Crippen molar-refractivity contribution < 1.29 is 19.2 Å². The van der Waals surface area contributed by atoms with E-state index >= 15 is 0 Å². The molecule has 0 atom stereocenters. The third-order valence-electron chi connectivity index (χ3n) is 3.21. The number of rotatable bonds is 4. The van der Waals surface area contributed by atoms with Crippen molar-refractivity contribution in [2.75, 3.05) is 5.32 Å². The number of carboxylic acids is 1. The van der Waals surface area contributed by atoms with Gasteiger partial charge in [0.25, 0.3) is 0 Å². The predicted octanol–water partition coefficient (Wildman–Crippen LogP) is 3.36. The molecular formula is C16H11ClN2O4. The first-order valence-electron chi connectivity index (χ1n) is 6.70. The van der Waals surface area contributed by atoms with Crippen LogP contribution >= 0.6 is 11.6 Å². The van der Waals surface area contributed by atoms with Gasteiger partial charge in [0.1, 0.15) is 5.69 Å². The fourth-order valence-electron chi connectivity index (χ4n) is 2.21. The molecule has 116 valence electrons. The van der Waals surface area contributed by atoms with E-state index in [2.05, 4.69) is 10.5 Å². The molecule has 0 bridgehead atoms. The Bertz CT molecular complexity index is 904. The summed E-state index contributed by atoms with van der Waals surface area (Å²) in [4.78, 5) is 23.1. The first kappa shape index (κ1) is 15.1. The minimum Gasteiger partial charge on any atom is -0.478 e. The largest absolute Gasteiger partial charge is 0.478 e. The highest BCUT2D eigenvalue weighted by Crippen LogP contribution is 2.21. The quantitative estimate of drug-likeness (QED) is 0.765. The number of nitrogens with one attached hydrogen (secondary N) is 1. The molecule has 0 saturated heterocycles. The number of carbonyl (C=O) groups is 2. The molecule has 0 saturated carbocycles.